The van der Waals surface area contributed by atoms with E-state index in [1.165, 1.54) is 32.1 Å². The predicted molar refractivity (Wildman–Crippen MR) is 180 cm³/mol. The van der Waals surface area contributed by atoms with Crippen LogP contribution in [0.4, 0.5) is 0 Å². The molecule has 0 aromatic carbocycles. The van der Waals surface area contributed by atoms with Gasteiger partial charge < -0.3 is 65.1 Å². The molecule has 0 bridgehead atoms. The van der Waals surface area contributed by atoms with Crippen LogP contribution in [0.5, 0.6) is 0 Å². The molecule has 0 spiro atoms. The lowest BCUT2D eigenvalue weighted by atomic mass is 9.97. The van der Waals surface area contributed by atoms with Crippen LogP contribution in [0.1, 0.15) is 97.3 Å². The standard InChI is InChI=1S/C35H63NO13/c1-3-5-7-9-10-11-12-13-14-15-16-18-24(39)23(36-27(40)19-17-8-6-4-2)22-46-34-32(45)30(43)33(26(21-38)48-34)49-35-31(44)29(42)28(41)25(20-37)47-35/h12-13,16,18,23-26,28-35,37-39,41-45H,3-11,14-15,17,19-22H2,1-2H3,(H,36,40)/b13-12+,18-16+. The fourth-order valence-electron chi connectivity index (χ4n) is 5.77. The average molecular weight is 706 g/mol. The zero-order chi connectivity index (χ0) is 36.2. The normalized spacial score (nSPS) is 32.1. The van der Waals surface area contributed by atoms with Crippen LogP contribution in [-0.2, 0) is 23.7 Å². The molecule has 49 heavy (non-hydrogen) atoms. The molecular weight excluding hydrogens is 642 g/mol. The van der Waals surface area contributed by atoms with Gasteiger partial charge in [0, 0.05) is 6.42 Å². The zero-order valence-corrected chi connectivity index (χ0v) is 29.2. The van der Waals surface area contributed by atoms with Crippen LogP contribution in [0.25, 0.3) is 0 Å². The third-order valence-corrected chi connectivity index (χ3v) is 8.89. The molecule has 12 atom stereocenters. The van der Waals surface area contributed by atoms with E-state index in [4.69, 9.17) is 18.9 Å². The topological polar surface area (TPSA) is 228 Å². The Balaban J connectivity index is 2.00. The quantitative estimate of drug-likeness (QED) is 0.0498. The second-order valence-corrected chi connectivity index (χ2v) is 13.0. The van der Waals surface area contributed by atoms with Crippen molar-refractivity contribution in [2.75, 3.05) is 19.8 Å². The molecule has 12 unspecified atom stereocenters. The van der Waals surface area contributed by atoms with E-state index in [2.05, 4.69) is 31.3 Å². The van der Waals surface area contributed by atoms with Crippen molar-refractivity contribution in [1.82, 2.24) is 5.32 Å². The average Bonchev–Trinajstić information content (AvgIpc) is 3.09. The van der Waals surface area contributed by atoms with E-state index in [1.54, 1.807) is 6.08 Å². The number of rotatable bonds is 24. The molecule has 2 aliphatic heterocycles. The molecular formula is C35H63NO13. The first-order valence-corrected chi connectivity index (χ1v) is 18.1. The smallest absolute Gasteiger partial charge is 0.220 e. The summed E-state index contributed by atoms with van der Waals surface area (Å²) in [5.41, 5.74) is 0. The van der Waals surface area contributed by atoms with Gasteiger partial charge in [-0.05, 0) is 32.1 Å². The highest BCUT2D eigenvalue weighted by molar-refractivity contribution is 5.76. The van der Waals surface area contributed by atoms with E-state index < -0.39 is 86.8 Å². The van der Waals surface area contributed by atoms with Crippen molar-refractivity contribution in [2.24, 2.45) is 0 Å². The molecule has 14 heteroatoms. The Labute approximate surface area is 290 Å². The highest BCUT2D eigenvalue weighted by Crippen LogP contribution is 2.29. The van der Waals surface area contributed by atoms with Gasteiger partial charge in [-0.25, -0.2) is 0 Å². The number of hydrogen-bond donors (Lipinski definition) is 9. The van der Waals surface area contributed by atoms with Gasteiger partial charge in [-0.15, -0.1) is 0 Å². The molecule has 14 nitrogen and oxygen atoms in total. The zero-order valence-electron chi connectivity index (χ0n) is 29.2. The number of aliphatic hydroxyl groups is 8. The minimum absolute atomic E-state index is 0.265. The lowest BCUT2D eigenvalue weighted by Crippen LogP contribution is -2.65. The minimum Gasteiger partial charge on any atom is -0.394 e. The second kappa shape index (κ2) is 24.6. The third-order valence-electron chi connectivity index (χ3n) is 8.89. The molecule has 286 valence electrons. The van der Waals surface area contributed by atoms with Crippen molar-refractivity contribution in [3.8, 4) is 0 Å². The third kappa shape index (κ3) is 14.9. The van der Waals surface area contributed by atoms with Crippen LogP contribution in [0.3, 0.4) is 0 Å². The molecule has 2 saturated heterocycles. The minimum atomic E-state index is -1.78. The van der Waals surface area contributed by atoms with Gasteiger partial charge in [-0.2, -0.15) is 0 Å². The summed E-state index contributed by atoms with van der Waals surface area (Å²) in [6, 6.07) is -0.919. The van der Waals surface area contributed by atoms with Crippen LogP contribution in [0, 0.1) is 0 Å². The molecule has 2 rings (SSSR count). The van der Waals surface area contributed by atoms with Gasteiger partial charge in [0.2, 0.25) is 5.91 Å². The molecule has 2 heterocycles. The van der Waals surface area contributed by atoms with Crippen molar-refractivity contribution in [3.05, 3.63) is 24.3 Å². The number of unbranched alkanes of at least 4 members (excludes halogenated alkanes) is 9. The van der Waals surface area contributed by atoms with E-state index in [1.807, 2.05) is 6.08 Å². The second-order valence-electron chi connectivity index (χ2n) is 13.0. The summed E-state index contributed by atoms with van der Waals surface area (Å²) in [7, 11) is 0. The number of aliphatic hydroxyl groups excluding tert-OH is 8. The first-order chi connectivity index (χ1) is 23.6. The number of allylic oxidation sites excluding steroid dienone is 3. The molecule has 2 aliphatic rings. The van der Waals surface area contributed by atoms with Crippen molar-refractivity contribution in [3.63, 3.8) is 0 Å². The number of amides is 1. The molecule has 9 N–H and O–H groups in total. The lowest BCUT2D eigenvalue weighted by Gasteiger charge is -2.46. The number of ether oxygens (including phenoxy) is 4. The van der Waals surface area contributed by atoms with Crippen LogP contribution >= 0.6 is 0 Å². The maximum absolute atomic E-state index is 12.7. The van der Waals surface area contributed by atoms with Crippen LogP contribution in [-0.4, -0.2) is 140 Å². The predicted octanol–water partition coefficient (Wildman–Crippen LogP) is 0.696. The largest absolute Gasteiger partial charge is 0.394 e. The van der Waals surface area contributed by atoms with Crippen molar-refractivity contribution in [2.45, 2.75) is 171 Å². The summed E-state index contributed by atoms with van der Waals surface area (Å²) >= 11 is 0. The number of nitrogens with one attached hydrogen (secondary N) is 1. The van der Waals surface area contributed by atoms with E-state index in [9.17, 15) is 45.6 Å². The summed E-state index contributed by atoms with van der Waals surface area (Å²) in [5, 5.41) is 85.5. The van der Waals surface area contributed by atoms with Gasteiger partial charge in [0.25, 0.3) is 0 Å². The van der Waals surface area contributed by atoms with Crippen molar-refractivity contribution in [1.29, 1.82) is 0 Å². The highest BCUT2D eigenvalue weighted by Gasteiger charge is 2.50. The maximum atomic E-state index is 12.7. The van der Waals surface area contributed by atoms with E-state index in [-0.39, 0.29) is 18.9 Å². The van der Waals surface area contributed by atoms with E-state index >= 15 is 0 Å². The van der Waals surface area contributed by atoms with Crippen LogP contribution in [0.15, 0.2) is 24.3 Å². The van der Waals surface area contributed by atoms with Gasteiger partial charge in [0.15, 0.2) is 12.6 Å². The Morgan fingerprint density at radius 3 is 1.98 bits per heavy atom. The van der Waals surface area contributed by atoms with Crippen LogP contribution < -0.4 is 5.32 Å². The molecule has 0 radical (unpaired) electrons. The Morgan fingerprint density at radius 2 is 1.31 bits per heavy atom. The molecule has 0 saturated carbocycles. The lowest BCUT2D eigenvalue weighted by molar-refractivity contribution is -0.359. The first-order valence-electron chi connectivity index (χ1n) is 18.1. The monoisotopic (exact) mass is 705 g/mol. The van der Waals surface area contributed by atoms with Crippen molar-refractivity contribution < 1.29 is 64.6 Å². The molecule has 2 fully saturated rings. The molecule has 0 aromatic rings. The number of carbonyl (C=O) groups is 1. The highest BCUT2D eigenvalue weighted by atomic mass is 16.7. The van der Waals surface area contributed by atoms with Gasteiger partial charge in [-0.3, -0.25) is 4.79 Å². The fraction of sp³-hybridized carbons (Fsp3) is 0.857. The molecule has 1 amide bonds. The Morgan fingerprint density at radius 1 is 0.714 bits per heavy atom. The Bertz CT molecular complexity index is 935. The summed E-state index contributed by atoms with van der Waals surface area (Å²) < 4.78 is 22.4. The maximum Gasteiger partial charge on any atom is 0.220 e. The molecule has 0 aliphatic carbocycles. The van der Waals surface area contributed by atoms with Gasteiger partial charge in [0.1, 0.15) is 48.8 Å². The van der Waals surface area contributed by atoms with Gasteiger partial charge in [0.05, 0.1) is 32.0 Å². The first kappa shape index (κ1) is 43.6. The van der Waals surface area contributed by atoms with Crippen molar-refractivity contribution >= 4 is 5.91 Å². The number of carbonyl (C=O) groups excluding carboxylic acids is 1. The summed E-state index contributed by atoms with van der Waals surface area (Å²) in [6.45, 7) is 2.54. The summed E-state index contributed by atoms with van der Waals surface area (Å²) in [4.78, 5) is 12.7. The Hall–Kier alpha value is -1.53. The fourth-order valence-corrected chi connectivity index (χ4v) is 5.77. The molecule has 0 aromatic heterocycles. The van der Waals surface area contributed by atoms with E-state index in [0.29, 0.717) is 12.8 Å². The number of hydrogen-bond acceptors (Lipinski definition) is 13. The van der Waals surface area contributed by atoms with E-state index in [0.717, 1.165) is 32.1 Å². The van der Waals surface area contributed by atoms with Crippen LogP contribution in [0.2, 0.25) is 0 Å². The summed E-state index contributed by atoms with van der Waals surface area (Å²) in [6.07, 6.45) is 3.27. The summed E-state index contributed by atoms with van der Waals surface area (Å²) in [5.74, 6) is -0.273. The van der Waals surface area contributed by atoms with Gasteiger partial charge in [-0.1, -0.05) is 83.1 Å². The van der Waals surface area contributed by atoms with Gasteiger partial charge >= 0.3 is 0 Å². The Kier molecular flexibility index (Phi) is 21.9. The SMILES string of the molecule is CCCCCCC/C=C/CC/C=C/C(O)C(COC1OC(CO)C(OC2OC(CO)C(O)C(O)C2O)C(O)C1O)NC(=O)CCCCCC.